The van der Waals surface area contributed by atoms with E-state index in [1.807, 2.05) is 0 Å². The highest BCUT2D eigenvalue weighted by atomic mass is 35.5. The fourth-order valence-electron chi connectivity index (χ4n) is 0.599. The molecule has 0 aromatic heterocycles. The molecule has 0 aromatic carbocycles. The Hall–Kier alpha value is -0.470. The lowest BCUT2D eigenvalue weighted by Crippen LogP contribution is -2.11. The maximum absolute atomic E-state index is 11.6. The number of rotatable bonds is 5. The molecule has 0 saturated carbocycles. The van der Waals surface area contributed by atoms with Gasteiger partial charge in [-0.05, 0) is 6.42 Å². The molecule has 0 fully saturated rings. The molecule has 13 heavy (non-hydrogen) atoms. The van der Waals surface area contributed by atoms with Crippen LogP contribution in [0.3, 0.4) is 0 Å². The molecule has 0 amide bonds. The minimum absolute atomic E-state index is 0.0234. The molecule has 0 radical (unpaired) electrons. The minimum atomic E-state index is -4.14. The zero-order valence-electron chi connectivity index (χ0n) is 6.77. The van der Waals surface area contributed by atoms with Crippen LogP contribution in [-0.4, -0.2) is 24.8 Å². The zero-order valence-corrected chi connectivity index (χ0v) is 7.53. The average molecular weight is 216 g/mol. The first-order valence-electron chi connectivity index (χ1n) is 3.64. The first-order valence-corrected chi connectivity index (χ1v) is 4.07. The Labute approximate surface area is 79.2 Å². The van der Waals surface area contributed by atoms with Crippen molar-refractivity contribution in [2.75, 3.05) is 13.2 Å². The van der Waals surface area contributed by atoms with Crippen LogP contribution in [0, 0.1) is 11.3 Å². The van der Waals surface area contributed by atoms with E-state index < -0.39 is 18.0 Å². The number of nitrogens with zero attached hydrogens (tertiary/aromatic N) is 1. The van der Waals surface area contributed by atoms with Gasteiger partial charge in [0.25, 0.3) is 0 Å². The van der Waals surface area contributed by atoms with Gasteiger partial charge in [0.05, 0.1) is 12.7 Å². The Bertz CT molecular complexity index is 178. The lowest BCUT2D eigenvalue weighted by molar-refractivity contribution is -0.137. The molecule has 1 atom stereocenters. The second kappa shape index (κ2) is 6.06. The summed E-state index contributed by atoms with van der Waals surface area (Å²) in [6, 6.07) is 1.69. The molecule has 76 valence electrons. The van der Waals surface area contributed by atoms with Gasteiger partial charge in [0, 0.05) is 13.0 Å². The SMILES string of the molecule is N#CC(Cl)COCCCC(F)(F)F. The highest BCUT2D eigenvalue weighted by Crippen LogP contribution is 2.20. The summed E-state index contributed by atoms with van der Waals surface area (Å²) < 4.78 is 39.4. The van der Waals surface area contributed by atoms with Gasteiger partial charge in [0.1, 0.15) is 5.38 Å². The largest absolute Gasteiger partial charge is 0.389 e. The second-order valence-electron chi connectivity index (χ2n) is 2.39. The molecule has 0 N–H and O–H groups in total. The van der Waals surface area contributed by atoms with E-state index in [-0.39, 0.29) is 19.6 Å². The molecule has 0 spiro atoms. The fourth-order valence-corrected chi connectivity index (χ4v) is 0.688. The Morgan fingerprint density at radius 1 is 1.46 bits per heavy atom. The number of nitriles is 1. The quantitative estimate of drug-likeness (QED) is 0.521. The van der Waals surface area contributed by atoms with E-state index in [0.29, 0.717) is 0 Å². The third-order valence-electron chi connectivity index (χ3n) is 1.15. The van der Waals surface area contributed by atoms with Crippen molar-refractivity contribution in [3.63, 3.8) is 0 Å². The van der Waals surface area contributed by atoms with E-state index in [4.69, 9.17) is 21.6 Å². The van der Waals surface area contributed by atoms with Gasteiger partial charge in [-0.2, -0.15) is 18.4 Å². The van der Waals surface area contributed by atoms with E-state index in [1.165, 1.54) is 0 Å². The van der Waals surface area contributed by atoms with Crippen molar-refractivity contribution in [1.82, 2.24) is 0 Å². The standard InChI is InChI=1S/C7H9ClF3NO/c8-6(4-12)5-13-3-1-2-7(9,10)11/h6H,1-3,5H2. The molecule has 1 unspecified atom stereocenters. The van der Waals surface area contributed by atoms with Crippen LogP contribution < -0.4 is 0 Å². The van der Waals surface area contributed by atoms with Crippen LogP contribution in [0.25, 0.3) is 0 Å². The van der Waals surface area contributed by atoms with Gasteiger partial charge in [-0.1, -0.05) is 0 Å². The fraction of sp³-hybridized carbons (Fsp3) is 0.857. The Morgan fingerprint density at radius 2 is 2.08 bits per heavy atom. The predicted octanol–water partition coefficient (Wildman–Crippen LogP) is 2.48. The Kier molecular flexibility index (Phi) is 5.84. The summed E-state index contributed by atoms with van der Waals surface area (Å²) in [7, 11) is 0. The van der Waals surface area contributed by atoms with Gasteiger partial charge >= 0.3 is 6.18 Å². The maximum Gasteiger partial charge on any atom is 0.389 e. The van der Waals surface area contributed by atoms with Crippen molar-refractivity contribution in [2.45, 2.75) is 24.4 Å². The lowest BCUT2D eigenvalue weighted by atomic mass is 10.3. The van der Waals surface area contributed by atoms with Crippen LogP contribution in [0.5, 0.6) is 0 Å². The summed E-state index contributed by atoms with van der Waals surface area (Å²) >= 11 is 5.33. The van der Waals surface area contributed by atoms with E-state index in [1.54, 1.807) is 6.07 Å². The summed E-state index contributed by atoms with van der Waals surface area (Å²) in [4.78, 5) is 0. The van der Waals surface area contributed by atoms with Crippen LogP contribution in [0.4, 0.5) is 13.2 Å². The second-order valence-corrected chi connectivity index (χ2v) is 2.92. The summed E-state index contributed by atoms with van der Waals surface area (Å²) in [5, 5.41) is 7.39. The van der Waals surface area contributed by atoms with Gasteiger partial charge in [-0.25, -0.2) is 0 Å². The smallest absolute Gasteiger partial charge is 0.379 e. The van der Waals surface area contributed by atoms with E-state index >= 15 is 0 Å². The van der Waals surface area contributed by atoms with Gasteiger partial charge < -0.3 is 4.74 Å². The summed E-state index contributed by atoms with van der Waals surface area (Å²) in [5.74, 6) is 0. The lowest BCUT2D eigenvalue weighted by Gasteiger charge is -2.06. The molecule has 0 bridgehead atoms. The molecule has 6 heteroatoms. The van der Waals surface area contributed by atoms with E-state index in [0.717, 1.165) is 0 Å². The van der Waals surface area contributed by atoms with Gasteiger partial charge in [0.2, 0.25) is 0 Å². The number of halogens is 4. The molecule has 0 rings (SSSR count). The summed E-state index contributed by atoms with van der Waals surface area (Å²) in [6.07, 6.45) is -5.11. The van der Waals surface area contributed by atoms with Crippen LogP contribution >= 0.6 is 11.6 Å². The van der Waals surface area contributed by atoms with Crippen LogP contribution in [0.2, 0.25) is 0 Å². The number of hydrogen-bond acceptors (Lipinski definition) is 2. The summed E-state index contributed by atoms with van der Waals surface area (Å²) in [5.41, 5.74) is 0. The third kappa shape index (κ3) is 9.44. The zero-order chi connectivity index (χ0) is 10.3. The maximum atomic E-state index is 11.6. The highest BCUT2D eigenvalue weighted by Gasteiger charge is 2.25. The molecule has 0 heterocycles. The van der Waals surface area contributed by atoms with Crippen molar-refractivity contribution in [1.29, 1.82) is 5.26 Å². The number of ether oxygens (including phenoxy) is 1. The Balaban J connectivity index is 3.24. The monoisotopic (exact) mass is 215 g/mol. The van der Waals surface area contributed by atoms with Crippen LogP contribution in [0.15, 0.2) is 0 Å². The van der Waals surface area contributed by atoms with Crippen LogP contribution in [-0.2, 0) is 4.74 Å². The normalized spacial score (nSPS) is 13.8. The summed E-state index contributed by atoms with van der Waals surface area (Å²) in [6.45, 7) is -0.0552. The number of hydrogen-bond donors (Lipinski definition) is 0. The highest BCUT2D eigenvalue weighted by molar-refractivity contribution is 6.22. The van der Waals surface area contributed by atoms with Gasteiger partial charge in [0.15, 0.2) is 0 Å². The number of alkyl halides is 4. The molecule has 2 nitrogen and oxygen atoms in total. The minimum Gasteiger partial charge on any atom is -0.379 e. The van der Waals surface area contributed by atoms with E-state index in [9.17, 15) is 13.2 Å². The van der Waals surface area contributed by atoms with Crippen molar-refractivity contribution < 1.29 is 17.9 Å². The van der Waals surface area contributed by atoms with E-state index in [2.05, 4.69) is 0 Å². The molecular weight excluding hydrogens is 207 g/mol. The predicted molar refractivity (Wildman–Crippen MR) is 41.4 cm³/mol. The molecule has 0 saturated heterocycles. The first kappa shape index (κ1) is 12.5. The van der Waals surface area contributed by atoms with Gasteiger partial charge in [-0.3, -0.25) is 0 Å². The van der Waals surface area contributed by atoms with Gasteiger partial charge in [-0.15, -0.1) is 11.6 Å². The molecule has 0 aliphatic rings. The average Bonchev–Trinajstić information content (AvgIpc) is 2.01. The molecular formula is C7H9ClF3NO. The van der Waals surface area contributed by atoms with Crippen molar-refractivity contribution in [3.05, 3.63) is 0 Å². The molecule has 0 aromatic rings. The molecule has 0 aliphatic heterocycles. The van der Waals surface area contributed by atoms with Crippen molar-refractivity contribution >= 4 is 11.6 Å². The van der Waals surface area contributed by atoms with Crippen molar-refractivity contribution in [3.8, 4) is 6.07 Å². The van der Waals surface area contributed by atoms with Crippen molar-refractivity contribution in [2.24, 2.45) is 0 Å². The third-order valence-corrected chi connectivity index (χ3v) is 1.38. The first-order chi connectivity index (χ1) is 5.95. The molecule has 0 aliphatic carbocycles. The van der Waals surface area contributed by atoms with Crippen LogP contribution in [0.1, 0.15) is 12.8 Å². The topological polar surface area (TPSA) is 33.0 Å². The Morgan fingerprint density at radius 3 is 2.54 bits per heavy atom.